The van der Waals surface area contributed by atoms with Gasteiger partial charge in [0.15, 0.2) is 0 Å². The van der Waals surface area contributed by atoms with Crippen LogP contribution in [0.2, 0.25) is 0 Å². The van der Waals surface area contributed by atoms with E-state index in [-0.39, 0.29) is 27.9 Å². The number of anilines is 3. The molecule has 0 amide bonds. The molecule has 0 spiro atoms. The van der Waals surface area contributed by atoms with Crippen LogP contribution >= 0.6 is 11.6 Å². The third kappa shape index (κ3) is 3.23. The van der Waals surface area contributed by atoms with Gasteiger partial charge in [0.05, 0.1) is 11.3 Å². The number of Topliss-reactive ketones (excluding diaryl/α,β-unsaturated/α-hetero) is 2. The third-order valence-corrected chi connectivity index (χ3v) is 4.64. The number of halogens is 1. The summed E-state index contributed by atoms with van der Waals surface area (Å²) < 4.78 is 0. The summed E-state index contributed by atoms with van der Waals surface area (Å²) in [5, 5.41) is 6.06. The first-order chi connectivity index (χ1) is 13.1. The normalized spacial score (nSPS) is 13.4. The van der Waals surface area contributed by atoms with Crippen LogP contribution in [0.1, 0.15) is 20.7 Å². The van der Waals surface area contributed by atoms with Crippen molar-refractivity contribution in [3.63, 3.8) is 0 Å². The first-order valence-electron chi connectivity index (χ1n) is 8.41. The van der Waals surface area contributed by atoms with Crippen LogP contribution in [-0.4, -0.2) is 11.6 Å². The van der Waals surface area contributed by atoms with E-state index >= 15 is 0 Å². The highest BCUT2D eigenvalue weighted by Crippen LogP contribution is 2.34. The number of carbonyl (C=O) groups excluding carboxylic acids is 2. The van der Waals surface area contributed by atoms with E-state index < -0.39 is 0 Å². The van der Waals surface area contributed by atoms with Gasteiger partial charge in [0.25, 0.3) is 0 Å². The molecule has 0 bridgehead atoms. The zero-order chi connectivity index (χ0) is 18.8. The van der Waals surface area contributed by atoms with Crippen molar-refractivity contribution >= 4 is 40.2 Å². The number of ketones is 2. The maximum absolute atomic E-state index is 13.0. The standard InChI is InChI=1S/C22H15ClN2O2/c23-19-20(25-15-10-5-2-6-11-15)21(26)16-12-7-13-17(18(16)22(19)27)24-14-8-3-1-4-9-14/h1-13,24-25H. The second-order valence-electron chi connectivity index (χ2n) is 6.06. The van der Waals surface area contributed by atoms with Gasteiger partial charge in [0.2, 0.25) is 11.6 Å². The molecule has 132 valence electrons. The predicted molar refractivity (Wildman–Crippen MR) is 108 cm³/mol. The van der Waals surface area contributed by atoms with Gasteiger partial charge in [0.1, 0.15) is 10.7 Å². The van der Waals surface area contributed by atoms with Crippen LogP contribution < -0.4 is 10.6 Å². The molecule has 3 aromatic rings. The highest BCUT2D eigenvalue weighted by molar-refractivity contribution is 6.51. The Morgan fingerprint density at radius 2 is 1.22 bits per heavy atom. The fourth-order valence-corrected chi connectivity index (χ4v) is 3.23. The van der Waals surface area contributed by atoms with Crippen LogP contribution in [-0.2, 0) is 0 Å². The molecule has 0 unspecified atom stereocenters. The Hall–Kier alpha value is -3.37. The lowest BCUT2D eigenvalue weighted by atomic mass is 9.90. The second-order valence-corrected chi connectivity index (χ2v) is 6.44. The van der Waals surface area contributed by atoms with Gasteiger partial charge < -0.3 is 10.6 Å². The van der Waals surface area contributed by atoms with Gasteiger partial charge in [-0.25, -0.2) is 0 Å². The van der Waals surface area contributed by atoms with E-state index in [0.29, 0.717) is 16.9 Å². The number of rotatable bonds is 4. The number of hydrogen-bond acceptors (Lipinski definition) is 4. The van der Waals surface area contributed by atoms with Crippen molar-refractivity contribution in [1.29, 1.82) is 0 Å². The number of carbonyl (C=O) groups is 2. The van der Waals surface area contributed by atoms with Crippen molar-refractivity contribution in [2.75, 3.05) is 10.6 Å². The molecule has 1 aliphatic rings. The van der Waals surface area contributed by atoms with Gasteiger partial charge in [-0.1, -0.05) is 60.1 Å². The summed E-state index contributed by atoms with van der Waals surface area (Å²) in [6, 6.07) is 23.7. The lowest BCUT2D eigenvalue weighted by Gasteiger charge is -2.21. The predicted octanol–water partition coefficient (Wildman–Crippen LogP) is 5.37. The van der Waals surface area contributed by atoms with Crippen molar-refractivity contribution in [2.24, 2.45) is 0 Å². The molecular formula is C22H15ClN2O2. The quantitative estimate of drug-likeness (QED) is 0.644. The molecule has 5 heteroatoms. The SMILES string of the molecule is O=C1C(Nc2ccccc2)=C(Cl)C(=O)c2c(Nc3ccccc3)cccc21. The van der Waals surface area contributed by atoms with Gasteiger partial charge in [0, 0.05) is 16.9 Å². The minimum absolute atomic E-state index is 0.0947. The molecule has 0 saturated heterocycles. The Kier molecular flexibility index (Phi) is 4.48. The largest absolute Gasteiger partial charge is 0.355 e. The molecule has 1 aliphatic carbocycles. The van der Waals surface area contributed by atoms with E-state index in [1.807, 2.05) is 48.5 Å². The molecule has 4 nitrogen and oxygen atoms in total. The Labute approximate surface area is 161 Å². The molecule has 0 aliphatic heterocycles. The van der Waals surface area contributed by atoms with Gasteiger partial charge in [-0.05, 0) is 30.3 Å². The van der Waals surface area contributed by atoms with Gasteiger partial charge in [-0.2, -0.15) is 0 Å². The number of hydrogen-bond donors (Lipinski definition) is 2. The van der Waals surface area contributed by atoms with E-state index in [2.05, 4.69) is 10.6 Å². The number of para-hydroxylation sites is 2. The summed E-state index contributed by atoms with van der Waals surface area (Å²) in [4.78, 5) is 25.9. The summed E-state index contributed by atoms with van der Waals surface area (Å²) >= 11 is 6.30. The van der Waals surface area contributed by atoms with Crippen molar-refractivity contribution in [1.82, 2.24) is 0 Å². The van der Waals surface area contributed by atoms with Gasteiger partial charge in [-0.15, -0.1) is 0 Å². The molecular weight excluding hydrogens is 360 g/mol. The molecule has 0 radical (unpaired) electrons. The topological polar surface area (TPSA) is 58.2 Å². The Balaban J connectivity index is 1.74. The molecule has 27 heavy (non-hydrogen) atoms. The number of nitrogens with one attached hydrogen (secondary N) is 2. The zero-order valence-electron chi connectivity index (χ0n) is 14.2. The number of allylic oxidation sites excluding steroid dienone is 2. The summed E-state index contributed by atoms with van der Waals surface area (Å²) in [6.07, 6.45) is 0. The van der Waals surface area contributed by atoms with Crippen molar-refractivity contribution in [3.05, 3.63) is 101 Å². The van der Waals surface area contributed by atoms with Crippen LogP contribution in [0.3, 0.4) is 0 Å². The van der Waals surface area contributed by atoms with Crippen LogP contribution in [0.5, 0.6) is 0 Å². The Bertz CT molecular complexity index is 1060. The summed E-state index contributed by atoms with van der Waals surface area (Å²) in [6.45, 7) is 0. The molecule has 0 heterocycles. The average molecular weight is 375 g/mol. The first kappa shape index (κ1) is 17.1. The van der Waals surface area contributed by atoms with E-state index in [0.717, 1.165) is 5.69 Å². The third-order valence-electron chi connectivity index (χ3n) is 4.28. The number of benzene rings is 3. The number of fused-ring (bicyclic) bond motifs is 1. The van der Waals surface area contributed by atoms with E-state index in [9.17, 15) is 9.59 Å². The lowest BCUT2D eigenvalue weighted by molar-refractivity contribution is 0.0982. The average Bonchev–Trinajstić information content (AvgIpc) is 2.71. The van der Waals surface area contributed by atoms with Crippen LogP contribution in [0.15, 0.2) is 89.6 Å². The summed E-state index contributed by atoms with van der Waals surface area (Å²) in [5.41, 5.74) is 2.76. The molecule has 0 saturated carbocycles. The minimum Gasteiger partial charge on any atom is -0.355 e. The molecule has 4 rings (SSSR count). The maximum atomic E-state index is 13.0. The molecule has 0 fully saturated rings. The monoisotopic (exact) mass is 374 g/mol. The Morgan fingerprint density at radius 1 is 0.630 bits per heavy atom. The van der Waals surface area contributed by atoms with E-state index in [1.54, 1.807) is 30.3 Å². The molecule has 2 N–H and O–H groups in total. The van der Waals surface area contributed by atoms with Gasteiger partial charge in [-0.3, -0.25) is 9.59 Å². The van der Waals surface area contributed by atoms with Crippen molar-refractivity contribution < 1.29 is 9.59 Å². The van der Waals surface area contributed by atoms with Crippen LogP contribution in [0.25, 0.3) is 0 Å². The smallest absolute Gasteiger partial charge is 0.211 e. The highest BCUT2D eigenvalue weighted by atomic mass is 35.5. The van der Waals surface area contributed by atoms with Crippen molar-refractivity contribution in [3.8, 4) is 0 Å². The fourth-order valence-electron chi connectivity index (χ4n) is 3.00. The Morgan fingerprint density at radius 3 is 1.85 bits per heavy atom. The van der Waals surface area contributed by atoms with Gasteiger partial charge >= 0.3 is 0 Å². The molecule has 3 aromatic carbocycles. The van der Waals surface area contributed by atoms with Crippen molar-refractivity contribution in [2.45, 2.75) is 0 Å². The fraction of sp³-hybridized carbons (Fsp3) is 0. The minimum atomic E-state index is -0.385. The van der Waals surface area contributed by atoms with E-state index in [1.165, 1.54) is 0 Å². The summed E-state index contributed by atoms with van der Waals surface area (Å²) in [5.74, 6) is -0.695. The van der Waals surface area contributed by atoms with Crippen LogP contribution in [0, 0.1) is 0 Å². The maximum Gasteiger partial charge on any atom is 0.211 e. The summed E-state index contributed by atoms with van der Waals surface area (Å²) in [7, 11) is 0. The lowest BCUT2D eigenvalue weighted by Crippen LogP contribution is -2.25. The zero-order valence-corrected chi connectivity index (χ0v) is 15.0. The molecule has 0 aromatic heterocycles. The first-order valence-corrected chi connectivity index (χ1v) is 8.79. The molecule has 0 atom stereocenters. The highest BCUT2D eigenvalue weighted by Gasteiger charge is 2.33. The van der Waals surface area contributed by atoms with E-state index in [4.69, 9.17) is 11.6 Å². The van der Waals surface area contributed by atoms with Crippen LogP contribution in [0.4, 0.5) is 17.1 Å². The second kappa shape index (κ2) is 7.09.